The first kappa shape index (κ1) is 10.5. The molecule has 0 saturated carbocycles. The van der Waals surface area contributed by atoms with Crippen molar-refractivity contribution in [2.24, 2.45) is 11.7 Å². The Morgan fingerprint density at radius 3 is 3.12 bits per heavy atom. The number of rotatable bonds is 3. The average molecular weight is 232 g/mol. The van der Waals surface area contributed by atoms with Crippen molar-refractivity contribution in [2.45, 2.75) is 25.9 Å². The van der Waals surface area contributed by atoms with Crippen LogP contribution in [0, 0.1) is 5.92 Å². The molecule has 2 N–H and O–H groups in total. The highest BCUT2D eigenvalue weighted by molar-refractivity contribution is 5.01. The van der Waals surface area contributed by atoms with E-state index in [9.17, 15) is 0 Å². The summed E-state index contributed by atoms with van der Waals surface area (Å²) in [5, 5.41) is 12.7. The molecule has 1 unspecified atom stereocenters. The molecule has 0 radical (unpaired) electrons. The SMILES string of the molecule is NCC1CCc2nnc(Cn3cccn3)n2C1. The van der Waals surface area contributed by atoms with Crippen LogP contribution in [-0.2, 0) is 19.5 Å². The summed E-state index contributed by atoms with van der Waals surface area (Å²) in [5.74, 6) is 2.61. The van der Waals surface area contributed by atoms with Gasteiger partial charge in [0.25, 0.3) is 0 Å². The maximum atomic E-state index is 5.74. The molecule has 2 aromatic rings. The van der Waals surface area contributed by atoms with Gasteiger partial charge in [0.05, 0.1) is 0 Å². The predicted octanol–water partition coefficient (Wildman–Crippen LogP) is 0.0440. The van der Waals surface area contributed by atoms with Gasteiger partial charge in [0, 0.05) is 25.4 Å². The molecular formula is C11H16N6. The van der Waals surface area contributed by atoms with Crippen LogP contribution >= 0.6 is 0 Å². The van der Waals surface area contributed by atoms with Crippen molar-refractivity contribution >= 4 is 0 Å². The summed E-state index contributed by atoms with van der Waals surface area (Å²) in [6.07, 6.45) is 5.81. The molecule has 1 aliphatic rings. The van der Waals surface area contributed by atoms with Gasteiger partial charge in [-0.15, -0.1) is 10.2 Å². The number of nitrogens with two attached hydrogens (primary N) is 1. The number of hydrogen-bond donors (Lipinski definition) is 1. The van der Waals surface area contributed by atoms with Crippen LogP contribution < -0.4 is 5.73 Å². The number of fused-ring (bicyclic) bond motifs is 1. The molecule has 0 saturated heterocycles. The minimum atomic E-state index is 0.551. The Balaban J connectivity index is 1.84. The molecule has 90 valence electrons. The Morgan fingerprint density at radius 1 is 1.41 bits per heavy atom. The topological polar surface area (TPSA) is 74.6 Å². The fourth-order valence-electron chi connectivity index (χ4n) is 2.30. The highest BCUT2D eigenvalue weighted by Gasteiger charge is 2.21. The summed E-state index contributed by atoms with van der Waals surface area (Å²) < 4.78 is 4.06. The van der Waals surface area contributed by atoms with E-state index >= 15 is 0 Å². The third-order valence-corrected chi connectivity index (χ3v) is 3.32. The Kier molecular flexibility index (Phi) is 2.64. The van der Waals surface area contributed by atoms with Crippen LogP contribution in [0.3, 0.4) is 0 Å². The Labute approximate surface area is 99.4 Å². The maximum absolute atomic E-state index is 5.74. The summed E-state index contributed by atoms with van der Waals surface area (Å²) in [5.41, 5.74) is 5.74. The summed E-state index contributed by atoms with van der Waals surface area (Å²) in [7, 11) is 0. The van der Waals surface area contributed by atoms with Crippen molar-refractivity contribution in [3.05, 3.63) is 30.1 Å². The second-order valence-electron chi connectivity index (χ2n) is 4.49. The first-order chi connectivity index (χ1) is 8.36. The normalized spacial score (nSPS) is 19.2. The molecule has 2 aromatic heterocycles. The summed E-state index contributed by atoms with van der Waals surface area (Å²) >= 11 is 0. The second-order valence-corrected chi connectivity index (χ2v) is 4.49. The molecule has 6 nitrogen and oxygen atoms in total. The fraction of sp³-hybridized carbons (Fsp3) is 0.545. The number of aryl methyl sites for hydroxylation is 1. The molecule has 1 atom stereocenters. The van der Waals surface area contributed by atoms with Gasteiger partial charge in [-0.2, -0.15) is 5.10 Å². The molecule has 1 aliphatic heterocycles. The molecule has 0 amide bonds. The summed E-state index contributed by atoms with van der Waals surface area (Å²) in [6, 6.07) is 1.91. The smallest absolute Gasteiger partial charge is 0.154 e. The van der Waals surface area contributed by atoms with Gasteiger partial charge in [0.2, 0.25) is 0 Å². The van der Waals surface area contributed by atoms with Crippen LogP contribution in [-0.4, -0.2) is 31.1 Å². The maximum Gasteiger partial charge on any atom is 0.154 e. The lowest BCUT2D eigenvalue weighted by atomic mass is 10.00. The van der Waals surface area contributed by atoms with Crippen LogP contribution in [0.2, 0.25) is 0 Å². The Bertz CT molecular complexity index is 486. The van der Waals surface area contributed by atoms with E-state index in [4.69, 9.17) is 5.73 Å². The van der Waals surface area contributed by atoms with Crippen molar-refractivity contribution in [2.75, 3.05) is 6.54 Å². The van der Waals surface area contributed by atoms with E-state index in [2.05, 4.69) is 19.9 Å². The van der Waals surface area contributed by atoms with Gasteiger partial charge >= 0.3 is 0 Å². The number of hydrogen-bond acceptors (Lipinski definition) is 4. The molecule has 0 aliphatic carbocycles. The highest BCUT2D eigenvalue weighted by Crippen LogP contribution is 2.19. The first-order valence-corrected chi connectivity index (χ1v) is 5.95. The second kappa shape index (κ2) is 4.29. The zero-order valence-corrected chi connectivity index (χ0v) is 9.66. The lowest BCUT2D eigenvalue weighted by Crippen LogP contribution is -2.27. The van der Waals surface area contributed by atoms with E-state index in [1.165, 1.54) is 0 Å². The van der Waals surface area contributed by atoms with Gasteiger partial charge in [-0.25, -0.2) is 0 Å². The molecule has 17 heavy (non-hydrogen) atoms. The van der Waals surface area contributed by atoms with Crippen LogP contribution in [0.4, 0.5) is 0 Å². The molecule has 6 heteroatoms. The zero-order chi connectivity index (χ0) is 11.7. The third-order valence-electron chi connectivity index (χ3n) is 3.32. The molecule has 3 rings (SSSR count). The van der Waals surface area contributed by atoms with E-state index < -0.39 is 0 Å². The molecule has 0 fully saturated rings. The van der Waals surface area contributed by atoms with E-state index in [0.29, 0.717) is 12.5 Å². The number of aromatic nitrogens is 5. The predicted molar refractivity (Wildman–Crippen MR) is 62.2 cm³/mol. The monoisotopic (exact) mass is 232 g/mol. The highest BCUT2D eigenvalue weighted by atomic mass is 15.3. The largest absolute Gasteiger partial charge is 0.330 e. The standard InChI is InChI=1S/C11H16N6/c12-6-9-2-3-10-14-15-11(17(10)7-9)8-16-5-1-4-13-16/h1,4-5,9H,2-3,6-8,12H2. The lowest BCUT2D eigenvalue weighted by molar-refractivity contribution is 0.364. The number of nitrogens with zero attached hydrogens (tertiary/aromatic N) is 5. The minimum absolute atomic E-state index is 0.551. The molecule has 0 aromatic carbocycles. The van der Waals surface area contributed by atoms with Crippen molar-refractivity contribution in [1.82, 2.24) is 24.5 Å². The first-order valence-electron chi connectivity index (χ1n) is 5.95. The quantitative estimate of drug-likeness (QED) is 0.811. The van der Waals surface area contributed by atoms with E-state index in [1.807, 2.05) is 16.9 Å². The van der Waals surface area contributed by atoms with Gasteiger partial charge in [-0.1, -0.05) is 0 Å². The zero-order valence-electron chi connectivity index (χ0n) is 9.66. The molecule has 3 heterocycles. The Morgan fingerprint density at radius 2 is 2.35 bits per heavy atom. The Hall–Kier alpha value is -1.69. The van der Waals surface area contributed by atoms with Crippen molar-refractivity contribution in [1.29, 1.82) is 0 Å². The van der Waals surface area contributed by atoms with E-state index in [-0.39, 0.29) is 0 Å². The van der Waals surface area contributed by atoms with E-state index in [0.717, 1.165) is 37.6 Å². The van der Waals surface area contributed by atoms with Gasteiger partial charge in [-0.3, -0.25) is 4.68 Å². The third kappa shape index (κ3) is 1.95. The molecule has 0 spiro atoms. The van der Waals surface area contributed by atoms with Gasteiger partial charge in [-0.05, 0) is 24.9 Å². The van der Waals surface area contributed by atoms with E-state index in [1.54, 1.807) is 6.20 Å². The van der Waals surface area contributed by atoms with Crippen LogP contribution in [0.15, 0.2) is 18.5 Å². The summed E-state index contributed by atoms with van der Waals surface area (Å²) in [6.45, 7) is 2.35. The lowest BCUT2D eigenvalue weighted by Gasteiger charge is -2.22. The van der Waals surface area contributed by atoms with Crippen LogP contribution in [0.25, 0.3) is 0 Å². The molecule has 0 bridgehead atoms. The average Bonchev–Trinajstić information content (AvgIpc) is 2.99. The van der Waals surface area contributed by atoms with Crippen LogP contribution in [0.1, 0.15) is 18.1 Å². The minimum Gasteiger partial charge on any atom is -0.330 e. The van der Waals surface area contributed by atoms with Crippen molar-refractivity contribution < 1.29 is 0 Å². The van der Waals surface area contributed by atoms with Gasteiger partial charge in [0.15, 0.2) is 5.82 Å². The van der Waals surface area contributed by atoms with Gasteiger partial charge in [0.1, 0.15) is 12.4 Å². The van der Waals surface area contributed by atoms with Gasteiger partial charge < -0.3 is 10.3 Å². The fourth-order valence-corrected chi connectivity index (χ4v) is 2.30. The van der Waals surface area contributed by atoms with Crippen molar-refractivity contribution in [3.63, 3.8) is 0 Å². The van der Waals surface area contributed by atoms with Crippen LogP contribution in [0.5, 0.6) is 0 Å². The molecular weight excluding hydrogens is 216 g/mol. The van der Waals surface area contributed by atoms with Crippen molar-refractivity contribution in [3.8, 4) is 0 Å². The summed E-state index contributed by atoms with van der Waals surface area (Å²) in [4.78, 5) is 0.